The number of aryl methyl sites for hydroxylation is 1. The van der Waals surface area contributed by atoms with Gasteiger partial charge in [0.05, 0.1) is 5.69 Å². The van der Waals surface area contributed by atoms with E-state index < -0.39 is 0 Å². The smallest absolute Gasteiger partial charge is 0.230 e. The normalized spacial score (nSPS) is 21.2. The number of piperidine rings is 1. The Morgan fingerprint density at radius 3 is 2.54 bits per heavy atom. The molecule has 2 aliphatic heterocycles. The molecule has 0 saturated carbocycles. The highest BCUT2D eigenvalue weighted by atomic mass is 16.5. The number of rotatable bonds is 3. The van der Waals surface area contributed by atoms with Crippen molar-refractivity contribution in [3.63, 3.8) is 0 Å². The fourth-order valence-corrected chi connectivity index (χ4v) is 3.59. The van der Waals surface area contributed by atoms with Crippen LogP contribution >= 0.6 is 0 Å². The lowest BCUT2D eigenvalue weighted by Crippen LogP contribution is -2.43. The Hall–Kier alpha value is -1.86. The highest BCUT2D eigenvalue weighted by molar-refractivity contribution is 5.46. The highest BCUT2D eigenvalue weighted by Gasteiger charge is 2.29. The lowest BCUT2D eigenvalue weighted by Gasteiger charge is -2.38. The van der Waals surface area contributed by atoms with Crippen LogP contribution < -0.4 is 0 Å². The molecule has 4 rings (SSSR count). The lowest BCUT2D eigenvalue weighted by molar-refractivity contribution is 0.0239. The van der Waals surface area contributed by atoms with Crippen LogP contribution in [0.5, 0.6) is 0 Å². The van der Waals surface area contributed by atoms with Gasteiger partial charge in [-0.2, -0.15) is 10.1 Å². The van der Waals surface area contributed by atoms with Gasteiger partial charge in [-0.3, -0.25) is 0 Å². The van der Waals surface area contributed by atoms with E-state index in [-0.39, 0.29) is 0 Å². The summed E-state index contributed by atoms with van der Waals surface area (Å²) >= 11 is 0. The molecule has 2 fully saturated rings. The zero-order chi connectivity index (χ0) is 16.4. The van der Waals surface area contributed by atoms with E-state index in [1.807, 2.05) is 19.1 Å². The van der Waals surface area contributed by atoms with E-state index in [9.17, 15) is 0 Å². The van der Waals surface area contributed by atoms with Gasteiger partial charge in [0.25, 0.3) is 0 Å². The van der Waals surface area contributed by atoms with Crippen LogP contribution in [0.2, 0.25) is 0 Å². The number of ether oxygens (including phenoxy) is 1. The van der Waals surface area contributed by atoms with E-state index in [4.69, 9.17) is 9.26 Å². The number of nitrogens with zero attached hydrogens (tertiary/aromatic N) is 5. The molecule has 24 heavy (non-hydrogen) atoms. The van der Waals surface area contributed by atoms with E-state index in [1.54, 1.807) is 0 Å². The summed E-state index contributed by atoms with van der Waals surface area (Å²) in [5.41, 5.74) is 1.54. The standard InChI is InChI=1S/C17H23N5O2/c1-12-2-3-15(20-19-12)16-18-17(24-21-16)13-4-8-22(9-5-13)14-6-10-23-11-7-14/h2-3,13-14H,4-11H2,1H3. The van der Waals surface area contributed by atoms with E-state index in [0.29, 0.717) is 23.5 Å². The molecule has 2 aromatic rings. The molecule has 0 atom stereocenters. The third kappa shape index (κ3) is 3.32. The third-order valence-electron chi connectivity index (χ3n) is 5.05. The molecular formula is C17H23N5O2. The molecule has 0 N–H and O–H groups in total. The Morgan fingerprint density at radius 1 is 1.04 bits per heavy atom. The molecule has 4 heterocycles. The minimum absolute atomic E-state index is 0.348. The first-order valence-corrected chi connectivity index (χ1v) is 8.76. The van der Waals surface area contributed by atoms with Gasteiger partial charge in [0.2, 0.25) is 11.7 Å². The molecule has 0 radical (unpaired) electrons. The van der Waals surface area contributed by atoms with E-state index in [1.165, 1.54) is 0 Å². The molecule has 0 bridgehead atoms. The second-order valence-corrected chi connectivity index (χ2v) is 6.67. The van der Waals surface area contributed by atoms with Gasteiger partial charge >= 0.3 is 0 Å². The topological polar surface area (TPSA) is 77.2 Å². The van der Waals surface area contributed by atoms with Gasteiger partial charge in [-0.15, -0.1) is 5.10 Å². The first-order chi connectivity index (χ1) is 11.8. The van der Waals surface area contributed by atoms with Crippen LogP contribution in [0.3, 0.4) is 0 Å². The second kappa shape index (κ2) is 6.94. The summed E-state index contributed by atoms with van der Waals surface area (Å²) in [6.45, 7) is 5.89. The number of likely N-dealkylation sites (tertiary alicyclic amines) is 1. The van der Waals surface area contributed by atoms with Crippen molar-refractivity contribution < 1.29 is 9.26 Å². The summed E-state index contributed by atoms with van der Waals surface area (Å²) in [5, 5.41) is 12.3. The van der Waals surface area contributed by atoms with Gasteiger partial charge < -0.3 is 14.2 Å². The van der Waals surface area contributed by atoms with Crippen molar-refractivity contribution in [1.29, 1.82) is 0 Å². The summed E-state index contributed by atoms with van der Waals surface area (Å²) < 4.78 is 11.0. The van der Waals surface area contributed by atoms with Gasteiger partial charge in [0.1, 0.15) is 5.69 Å². The Bertz CT molecular complexity index is 658. The molecule has 2 saturated heterocycles. The zero-order valence-electron chi connectivity index (χ0n) is 14.0. The maximum atomic E-state index is 5.50. The van der Waals surface area contributed by atoms with E-state index in [0.717, 1.165) is 63.6 Å². The summed E-state index contributed by atoms with van der Waals surface area (Å²) in [7, 11) is 0. The van der Waals surface area contributed by atoms with Crippen molar-refractivity contribution >= 4 is 0 Å². The highest BCUT2D eigenvalue weighted by Crippen LogP contribution is 2.30. The minimum Gasteiger partial charge on any atom is -0.381 e. The van der Waals surface area contributed by atoms with Crippen LogP contribution in [0.4, 0.5) is 0 Å². The third-order valence-corrected chi connectivity index (χ3v) is 5.05. The van der Waals surface area contributed by atoms with Crippen LogP contribution in [-0.2, 0) is 4.74 Å². The Kier molecular flexibility index (Phi) is 4.53. The van der Waals surface area contributed by atoms with Gasteiger partial charge in [-0.05, 0) is 57.8 Å². The van der Waals surface area contributed by atoms with Crippen molar-refractivity contribution in [3.8, 4) is 11.5 Å². The van der Waals surface area contributed by atoms with Gasteiger partial charge in [0.15, 0.2) is 0 Å². The second-order valence-electron chi connectivity index (χ2n) is 6.67. The van der Waals surface area contributed by atoms with Crippen molar-refractivity contribution in [2.45, 2.75) is 44.6 Å². The predicted molar refractivity (Wildman–Crippen MR) is 87.5 cm³/mol. The van der Waals surface area contributed by atoms with Gasteiger partial charge in [-0.25, -0.2) is 0 Å². The summed E-state index contributed by atoms with van der Waals surface area (Å²) in [5.74, 6) is 1.61. The minimum atomic E-state index is 0.348. The Balaban J connectivity index is 1.38. The molecule has 0 aliphatic carbocycles. The van der Waals surface area contributed by atoms with E-state index in [2.05, 4.69) is 25.2 Å². The zero-order valence-corrected chi connectivity index (χ0v) is 14.0. The molecule has 2 aliphatic rings. The number of aromatic nitrogens is 4. The SMILES string of the molecule is Cc1ccc(-c2noc(C3CCN(C4CCOCC4)CC3)n2)nn1. The van der Waals surface area contributed by atoms with Crippen molar-refractivity contribution in [2.24, 2.45) is 0 Å². The molecule has 7 heteroatoms. The molecule has 0 aromatic carbocycles. The van der Waals surface area contributed by atoms with Crippen molar-refractivity contribution in [1.82, 2.24) is 25.2 Å². The fourth-order valence-electron chi connectivity index (χ4n) is 3.59. The van der Waals surface area contributed by atoms with Crippen LogP contribution in [0.1, 0.15) is 43.2 Å². The Morgan fingerprint density at radius 2 is 1.83 bits per heavy atom. The monoisotopic (exact) mass is 329 g/mol. The lowest BCUT2D eigenvalue weighted by atomic mass is 9.94. The largest absolute Gasteiger partial charge is 0.381 e. The predicted octanol–water partition coefficient (Wildman–Crippen LogP) is 2.19. The quantitative estimate of drug-likeness (QED) is 0.854. The van der Waals surface area contributed by atoms with Gasteiger partial charge in [0, 0.05) is 25.2 Å². The first-order valence-electron chi connectivity index (χ1n) is 8.76. The molecular weight excluding hydrogens is 306 g/mol. The van der Waals surface area contributed by atoms with Crippen molar-refractivity contribution in [3.05, 3.63) is 23.7 Å². The summed E-state index contributed by atoms with van der Waals surface area (Å²) in [4.78, 5) is 7.15. The van der Waals surface area contributed by atoms with E-state index >= 15 is 0 Å². The van der Waals surface area contributed by atoms with Crippen LogP contribution in [0, 0.1) is 6.92 Å². The molecule has 2 aromatic heterocycles. The average molecular weight is 329 g/mol. The average Bonchev–Trinajstić information content (AvgIpc) is 3.13. The fraction of sp³-hybridized carbons (Fsp3) is 0.647. The Labute approximate surface area is 141 Å². The van der Waals surface area contributed by atoms with Crippen molar-refractivity contribution in [2.75, 3.05) is 26.3 Å². The number of hydrogen-bond donors (Lipinski definition) is 0. The van der Waals surface area contributed by atoms with Gasteiger partial charge in [-0.1, -0.05) is 5.16 Å². The molecule has 7 nitrogen and oxygen atoms in total. The molecule has 0 spiro atoms. The number of hydrogen-bond acceptors (Lipinski definition) is 7. The molecule has 128 valence electrons. The maximum absolute atomic E-state index is 5.50. The summed E-state index contributed by atoms with van der Waals surface area (Å²) in [6.07, 6.45) is 4.44. The van der Waals surface area contributed by atoms with Crippen LogP contribution in [0.25, 0.3) is 11.5 Å². The first kappa shape index (κ1) is 15.7. The van der Waals surface area contributed by atoms with Crippen LogP contribution in [0.15, 0.2) is 16.7 Å². The maximum Gasteiger partial charge on any atom is 0.230 e. The molecule has 0 unspecified atom stereocenters. The summed E-state index contributed by atoms with van der Waals surface area (Å²) in [6, 6.07) is 4.47. The molecule has 0 amide bonds. The van der Waals surface area contributed by atoms with Crippen LogP contribution in [-0.4, -0.2) is 57.6 Å².